The Morgan fingerprint density at radius 1 is 1.19 bits per heavy atom. The van der Waals surface area contributed by atoms with E-state index in [2.05, 4.69) is 27.8 Å². The standard InChI is InChI=1S/C22H18BrFN2O5/c1-3-8-31-19-17(23)10-13(11-18(19)30-4-2)9-16-20(27)25-22(29)26(21(16)28)15-7-5-6-14(24)12-15/h3,5-7,9-12H,1,4,8H2,2H3,(H,25,27,29)/b16-9+. The largest absolute Gasteiger partial charge is 0.490 e. The number of carbonyl (C=O) groups is 3. The van der Waals surface area contributed by atoms with Crippen molar-refractivity contribution in [2.24, 2.45) is 0 Å². The second-order valence-corrected chi connectivity index (χ2v) is 7.15. The topological polar surface area (TPSA) is 84.9 Å². The van der Waals surface area contributed by atoms with Gasteiger partial charge in [0.15, 0.2) is 11.5 Å². The van der Waals surface area contributed by atoms with E-state index in [-0.39, 0.29) is 17.9 Å². The van der Waals surface area contributed by atoms with Crippen LogP contribution in [-0.4, -0.2) is 31.1 Å². The number of amides is 4. The maximum atomic E-state index is 13.6. The number of benzene rings is 2. The van der Waals surface area contributed by atoms with E-state index < -0.39 is 23.7 Å². The van der Waals surface area contributed by atoms with E-state index in [1.54, 1.807) is 25.1 Å². The van der Waals surface area contributed by atoms with Gasteiger partial charge in [-0.2, -0.15) is 0 Å². The van der Waals surface area contributed by atoms with Gasteiger partial charge in [0.05, 0.1) is 16.8 Å². The van der Waals surface area contributed by atoms with Crippen molar-refractivity contribution in [3.05, 3.63) is 70.5 Å². The predicted octanol–water partition coefficient (Wildman–Crippen LogP) is 4.22. The van der Waals surface area contributed by atoms with Gasteiger partial charge in [-0.1, -0.05) is 18.7 Å². The summed E-state index contributed by atoms with van der Waals surface area (Å²) in [5.41, 5.74) is 0.163. The molecule has 160 valence electrons. The monoisotopic (exact) mass is 488 g/mol. The number of ether oxygens (including phenoxy) is 2. The van der Waals surface area contributed by atoms with Crippen molar-refractivity contribution in [2.45, 2.75) is 6.92 Å². The van der Waals surface area contributed by atoms with Gasteiger partial charge in [-0.25, -0.2) is 14.1 Å². The quantitative estimate of drug-likeness (QED) is 0.358. The third-order valence-corrected chi connectivity index (χ3v) is 4.75. The number of barbiturate groups is 1. The van der Waals surface area contributed by atoms with Crippen LogP contribution in [0.2, 0.25) is 0 Å². The van der Waals surface area contributed by atoms with E-state index in [1.165, 1.54) is 24.3 Å². The molecule has 0 radical (unpaired) electrons. The lowest BCUT2D eigenvalue weighted by Crippen LogP contribution is -2.54. The van der Waals surface area contributed by atoms with Crippen molar-refractivity contribution >= 4 is 45.5 Å². The molecular weight excluding hydrogens is 471 g/mol. The summed E-state index contributed by atoms with van der Waals surface area (Å²) in [5.74, 6) is -1.52. The van der Waals surface area contributed by atoms with E-state index >= 15 is 0 Å². The van der Waals surface area contributed by atoms with Crippen molar-refractivity contribution in [2.75, 3.05) is 18.1 Å². The van der Waals surface area contributed by atoms with Crippen LogP contribution in [0, 0.1) is 5.82 Å². The molecule has 0 atom stereocenters. The third kappa shape index (κ3) is 4.83. The van der Waals surface area contributed by atoms with Gasteiger partial charge in [-0.05, 0) is 64.8 Å². The van der Waals surface area contributed by atoms with Crippen molar-refractivity contribution < 1.29 is 28.2 Å². The number of rotatable bonds is 7. The minimum absolute atomic E-state index is 0.00487. The zero-order chi connectivity index (χ0) is 22.5. The molecule has 0 saturated carbocycles. The van der Waals surface area contributed by atoms with Crippen LogP contribution in [0.4, 0.5) is 14.9 Å². The van der Waals surface area contributed by atoms with E-state index in [9.17, 15) is 18.8 Å². The lowest BCUT2D eigenvalue weighted by atomic mass is 10.1. The average molecular weight is 489 g/mol. The molecule has 0 bridgehead atoms. The summed E-state index contributed by atoms with van der Waals surface area (Å²) in [4.78, 5) is 38.2. The summed E-state index contributed by atoms with van der Waals surface area (Å²) in [7, 11) is 0. The number of carbonyl (C=O) groups excluding carboxylic acids is 3. The number of hydrogen-bond acceptors (Lipinski definition) is 5. The molecule has 7 nitrogen and oxygen atoms in total. The molecule has 31 heavy (non-hydrogen) atoms. The van der Waals surface area contributed by atoms with Gasteiger partial charge in [0.25, 0.3) is 11.8 Å². The average Bonchev–Trinajstić information content (AvgIpc) is 2.71. The van der Waals surface area contributed by atoms with Crippen LogP contribution < -0.4 is 19.7 Å². The van der Waals surface area contributed by atoms with E-state index in [0.29, 0.717) is 33.0 Å². The number of hydrogen-bond donors (Lipinski definition) is 1. The van der Waals surface area contributed by atoms with Crippen LogP contribution in [0.3, 0.4) is 0 Å². The van der Waals surface area contributed by atoms with Gasteiger partial charge in [-0.15, -0.1) is 0 Å². The van der Waals surface area contributed by atoms with Crippen molar-refractivity contribution in [3.8, 4) is 11.5 Å². The Kier molecular flexibility index (Phi) is 6.86. The molecule has 4 amide bonds. The molecule has 2 aromatic carbocycles. The first-order valence-corrected chi connectivity index (χ1v) is 10.0. The number of nitrogens with zero attached hydrogens (tertiary/aromatic N) is 1. The first-order valence-electron chi connectivity index (χ1n) is 9.22. The Labute approximate surface area is 186 Å². The normalized spacial score (nSPS) is 15.1. The lowest BCUT2D eigenvalue weighted by molar-refractivity contribution is -0.122. The van der Waals surface area contributed by atoms with Gasteiger partial charge in [0.1, 0.15) is 18.0 Å². The molecular formula is C22H18BrFN2O5. The minimum atomic E-state index is -0.956. The Balaban J connectivity index is 2.03. The molecule has 0 spiro atoms. The number of halogens is 2. The van der Waals surface area contributed by atoms with Crippen molar-refractivity contribution in [1.29, 1.82) is 0 Å². The molecule has 1 fully saturated rings. The number of anilines is 1. The lowest BCUT2D eigenvalue weighted by Gasteiger charge is -2.26. The Bertz CT molecular complexity index is 1100. The predicted molar refractivity (Wildman–Crippen MR) is 116 cm³/mol. The third-order valence-electron chi connectivity index (χ3n) is 4.16. The zero-order valence-electron chi connectivity index (χ0n) is 16.5. The van der Waals surface area contributed by atoms with E-state index in [0.717, 1.165) is 6.07 Å². The second-order valence-electron chi connectivity index (χ2n) is 6.30. The maximum absolute atomic E-state index is 13.6. The summed E-state index contributed by atoms with van der Waals surface area (Å²) in [5, 5.41) is 2.10. The SMILES string of the molecule is C=CCOc1c(Br)cc(/C=C2\C(=O)NC(=O)N(c3cccc(F)c3)C2=O)cc1OCC. The minimum Gasteiger partial charge on any atom is -0.490 e. The van der Waals surface area contributed by atoms with E-state index in [4.69, 9.17) is 9.47 Å². The second kappa shape index (κ2) is 9.57. The Morgan fingerprint density at radius 2 is 1.97 bits per heavy atom. The fraction of sp³-hybridized carbons (Fsp3) is 0.136. The van der Waals surface area contributed by atoms with Crippen molar-refractivity contribution in [1.82, 2.24) is 5.32 Å². The zero-order valence-corrected chi connectivity index (χ0v) is 18.1. The fourth-order valence-electron chi connectivity index (χ4n) is 2.89. The van der Waals surface area contributed by atoms with Gasteiger partial charge >= 0.3 is 6.03 Å². The Morgan fingerprint density at radius 3 is 2.65 bits per heavy atom. The van der Waals surface area contributed by atoms with Crippen LogP contribution in [0.5, 0.6) is 11.5 Å². The molecule has 9 heteroatoms. The first-order chi connectivity index (χ1) is 14.8. The van der Waals surface area contributed by atoms with Crippen LogP contribution in [-0.2, 0) is 9.59 Å². The van der Waals surface area contributed by atoms with Crippen molar-refractivity contribution in [3.63, 3.8) is 0 Å². The molecule has 1 heterocycles. The van der Waals surface area contributed by atoms with E-state index in [1.807, 2.05) is 0 Å². The molecule has 2 aromatic rings. The summed E-state index contributed by atoms with van der Waals surface area (Å²) < 4.78 is 25.4. The molecule has 1 N–H and O–H groups in total. The molecule has 0 aliphatic carbocycles. The van der Waals surface area contributed by atoms with Crippen LogP contribution in [0.25, 0.3) is 6.08 Å². The highest BCUT2D eigenvalue weighted by Gasteiger charge is 2.37. The highest BCUT2D eigenvalue weighted by atomic mass is 79.9. The highest BCUT2D eigenvalue weighted by molar-refractivity contribution is 9.10. The smallest absolute Gasteiger partial charge is 0.335 e. The van der Waals surface area contributed by atoms with Gasteiger partial charge < -0.3 is 9.47 Å². The first kappa shape index (κ1) is 22.2. The number of nitrogens with one attached hydrogen (secondary N) is 1. The van der Waals surface area contributed by atoms with Gasteiger partial charge in [0, 0.05) is 0 Å². The summed E-state index contributed by atoms with van der Waals surface area (Å²) in [6.07, 6.45) is 2.90. The maximum Gasteiger partial charge on any atom is 0.335 e. The molecule has 0 aromatic heterocycles. The highest BCUT2D eigenvalue weighted by Crippen LogP contribution is 2.38. The van der Waals surface area contributed by atoms with Crippen LogP contribution in [0.1, 0.15) is 12.5 Å². The number of urea groups is 1. The molecule has 1 saturated heterocycles. The molecule has 3 rings (SSSR count). The summed E-state index contributed by atoms with van der Waals surface area (Å²) in [6, 6.07) is 7.24. The summed E-state index contributed by atoms with van der Waals surface area (Å²) >= 11 is 3.40. The Hall–Kier alpha value is -3.46. The van der Waals surface area contributed by atoms with Crippen LogP contribution in [0.15, 0.2) is 59.1 Å². The molecule has 0 unspecified atom stereocenters. The fourth-order valence-corrected chi connectivity index (χ4v) is 3.46. The van der Waals surface area contributed by atoms with Crippen LogP contribution >= 0.6 is 15.9 Å². The number of imide groups is 2. The van der Waals surface area contributed by atoms with Gasteiger partial charge in [-0.3, -0.25) is 14.9 Å². The van der Waals surface area contributed by atoms with Gasteiger partial charge in [0.2, 0.25) is 0 Å². The molecule has 1 aliphatic rings. The molecule has 1 aliphatic heterocycles. The summed E-state index contributed by atoms with van der Waals surface area (Å²) in [6.45, 7) is 6.02.